The number of hydrogen-bond acceptors (Lipinski definition) is 6. The van der Waals surface area contributed by atoms with Crippen LogP contribution in [0.25, 0.3) is 10.9 Å². The lowest BCUT2D eigenvalue weighted by Crippen LogP contribution is -2.54. The molecule has 1 aliphatic heterocycles. The van der Waals surface area contributed by atoms with Crippen molar-refractivity contribution in [2.45, 2.75) is 24.8 Å². The highest BCUT2D eigenvalue weighted by Gasteiger charge is 2.35. The zero-order valence-electron chi connectivity index (χ0n) is 17.8. The lowest BCUT2D eigenvalue weighted by atomic mass is 10.1. The average molecular weight is 440 g/mol. The van der Waals surface area contributed by atoms with Gasteiger partial charge in [-0.25, -0.2) is 13.2 Å². The van der Waals surface area contributed by atoms with Crippen LogP contribution in [0.5, 0.6) is 0 Å². The molecule has 1 aliphatic rings. The van der Waals surface area contributed by atoms with E-state index in [0.29, 0.717) is 41.0 Å². The van der Waals surface area contributed by atoms with Crippen molar-refractivity contribution in [2.24, 2.45) is 0 Å². The number of methoxy groups -OCH3 is 1. The molecule has 0 N–H and O–H groups in total. The number of pyridine rings is 1. The Kier molecular flexibility index (Phi) is 5.68. The van der Waals surface area contributed by atoms with E-state index in [1.807, 2.05) is 38.1 Å². The number of fused-ring (bicyclic) bond motifs is 1. The van der Waals surface area contributed by atoms with Crippen LogP contribution < -0.4 is 4.90 Å². The van der Waals surface area contributed by atoms with Gasteiger partial charge in [-0.1, -0.05) is 6.07 Å². The van der Waals surface area contributed by atoms with Gasteiger partial charge >= 0.3 is 5.97 Å². The molecule has 4 rings (SSSR count). The van der Waals surface area contributed by atoms with Crippen molar-refractivity contribution in [2.75, 3.05) is 31.6 Å². The monoisotopic (exact) mass is 439 g/mol. The van der Waals surface area contributed by atoms with E-state index in [9.17, 15) is 13.2 Å². The van der Waals surface area contributed by atoms with Crippen LogP contribution in [0.1, 0.15) is 22.8 Å². The third kappa shape index (κ3) is 3.88. The maximum absolute atomic E-state index is 13.5. The highest BCUT2D eigenvalue weighted by Crippen LogP contribution is 2.30. The smallest absolute Gasteiger partial charge is 0.337 e. The Bertz CT molecular complexity index is 1230. The molecule has 1 atom stereocenters. The summed E-state index contributed by atoms with van der Waals surface area (Å²) in [5, 5.41) is 0.649. The quantitative estimate of drug-likeness (QED) is 0.581. The molecule has 31 heavy (non-hydrogen) atoms. The summed E-state index contributed by atoms with van der Waals surface area (Å²) in [6.45, 7) is 5.33. The molecule has 2 aromatic carbocycles. The predicted octanol–water partition coefficient (Wildman–Crippen LogP) is 3.23. The second-order valence-electron chi connectivity index (χ2n) is 7.73. The van der Waals surface area contributed by atoms with Crippen LogP contribution >= 0.6 is 0 Å². The fraction of sp³-hybridized carbons (Fsp3) is 0.304. The molecule has 0 bridgehead atoms. The van der Waals surface area contributed by atoms with Crippen molar-refractivity contribution in [1.29, 1.82) is 0 Å². The topological polar surface area (TPSA) is 79.8 Å². The first-order valence-electron chi connectivity index (χ1n) is 10.1. The summed E-state index contributed by atoms with van der Waals surface area (Å²) in [5.74, 6) is -0.379. The van der Waals surface area contributed by atoms with Crippen LogP contribution in [0.15, 0.2) is 59.6 Å². The van der Waals surface area contributed by atoms with Gasteiger partial charge in [0.15, 0.2) is 0 Å². The zero-order chi connectivity index (χ0) is 22.2. The fourth-order valence-electron chi connectivity index (χ4n) is 4.10. The number of aryl methyl sites for hydroxylation is 1. The molecule has 1 aromatic heterocycles. The Hall–Kier alpha value is -2.97. The van der Waals surface area contributed by atoms with Gasteiger partial charge in [-0.2, -0.15) is 4.31 Å². The van der Waals surface area contributed by atoms with Crippen LogP contribution in [0, 0.1) is 6.92 Å². The summed E-state index contributed by atoms with van der Waals surface area (Å²) in [6, 6.07) is 14.0. The van der Waals surface area contributed by atoms with Crippen LogP contribution in [-0.2, 0) is 14.8 Å². The maximum atomic E-state index is 13.5. The summed E-state index contributed by atoms with van der Waals surface area (Å²) in [4.78, 5) is 18.4. The van der Waals surface area contributed by atoms with E-state index < -0.39 is 10.0 Å². The highest BCUT2D eigenvalue weighted by atomic mass is 32.2. The van der Waals surface area contributed by atoms with Crippen molar-refractivity contribution in [3.05, 3.63) is 65.9 Å². The second kappa shape index (κ2) is 8.28. The minimum Gasteiger partial charge on any atom is -0.465 e. The van der Waals surface area contributed by atoms with E-state index in [1.165, 1.54) is 7.11 Å². The molecule has 1 saturated heterocycles. The number of rotatable bonds is 4. The molecule has 7 nitrogen and oxygen atoms in total. The largest absolute Gasteiger partial charge is 0.465 e. The number of benzene rings is 2. The number of anilines is 1. The number of piperazine rings is 1. The number of esters is 1. The molecule has 8 heteroatoms. The lowest BCUT2D eigenvalue weighted by molar-refractivity contribution is 0.0600. The Labute approximate surface area is 182 Å². The summed E-state index contributed by atoms with van der Waals surface area (Å²) in [5.41, 5.74) is 3.09. The first-order valence-corrected chi connectivity index (χ1v) is 11.6. The van der Waals surface area contributed by atoms with E-state index in [1.54, 1.807) is 34.8 Å². The third-order valence-corrected chi connectivity index (χ3v) is 7.81. The summed E-state index contributed by atoms with van der Waals surface area (Å²) in [6.07, 6.45) is 1.68. The summed E-state index contributed by atoms with van der Waals surface area (Å²) < 4.78 is 33.4. The first-order chi connectivity index (χ1) is 14.8. The SMILES string of the molecule is COC(=O)c1ccc(N2CCN(S(=O)(=O)c3ccc(C)c4ncccc34)C(C)C2)cc1. The molecule has 0 aliphatic carbocycles. The maximum Gasteiger partial charge on any atom is 0.337 e. The molecule has 1 fully saturated rings. The summed E-state index contributed by atoms with van der Waals surface area (Å²) in [7, 11) is -2.32. The average Bonchev–Trinajstić information content (AvgIpc) is 2.78. The van der Waals surface area contributed by atoms with Gasteiger partial charge in [0.25, 0.3) is 0 Å². The Morgan fingerprint density at radius 1 is 1.10 bits per heavy atom. The highest BCUT2D eigenvalue weighted by molar-refractivity contribution is 7.89. The van der Waals surface area contributed by atoms with Gasteiger partial charge in [0.2, 0.25) is 10.0 Å². The number of carbonyl (C=O) groups excluding carboxylic acids is 1. The molecule has 2 heterocycles. The van der Waals surface area contributed by atoms with Crippen LogP contribution in [0.2, 0.25) is 0 Å². The van der Waals surface area contributed by atoms with E-state index in [4.69, 9.17) is 4.74 Å². The zero-order valence-corrected chi connectivity index (χ0v) is 18.6. The van der Waals surface area contributed by atoms with Crippen molar-refractivity contribution >= 4 is 32.6 Å². The lowest BCUT2D eigenvalue weighted by Gasteiger charge is -2.40. The fourth-order valence-corrected chi connectivity index (χ4v) is 5.90. The van der Waals surface area contributed by atoms with Crippen molar-refractivity contribution in [3.63, 3.8) is 0 Å². The van der Waals surface area contributed by atoms with Crippen molar-refractivity contribution < 1.29 is 17.9 Å². The predicted molar refractivity (Wildman–Crippen MR) is 120 cm³/mol. The Morgan fingerprint density at radius 2 is 1.84 bits per heavy atom. The Balaban J connectivity index is 1.58. The third-order valence-electron chi connectivity index (χ3n) is 5.74. The van der Waals surface area contributed by atoms with Gasteiger partial charge in [0.1, 0.15) is 0 Å². The Morgan fingerprint density at radius 3 is 2.52 bits per heavy atom. The van der Waals surface area contributed by atoms with E-state index in [2.05, 4.69) is 9.88 Å². The second-order valence-corrected chi connectivity index (χ2v) is 9.59. The van der Waals surface area contributed by atoms with Crippen molar-refractivity contribution in [3.8, 4) is 0 Å². The van der Waals surface area contributed by atoms with Gasteiger partial charge in [0, 0.05) is 42.9 Å². The van der Waals surface area contributed by atoms with Gasteiger partial charge in [0.05, 0.1) is 23.1 Å². The molecular weight excluding hydrogens is 414 g/mol. The molecule has 3 aromatic rings. The first kappa shape index (κ1) is 21.3. The molecule has 162 valence electrons. The molecule has 1 unspecified atom stereocenters. The minimum atomic E-state index is -3.68. The number of hydrogen-bond donors (Lipinski definition) is 0. The van der Waals surface area contributed by atoms with Gasteiger partial charge in [-0.15, -0.1) is 0 Å². The molecule has 0 saturated carbocycles. The number of ether oxygens (including phenoxy) is 1. The molecule has 0 amide bonds. The van der Waals surface area contributed by atoms with E-state index in [-0.39, 0.29) is 12.0 Å². The van der Waals surface area contributed by atoms with Gasteiger partial charge in [-0.05, 0) is 61.9 Å². The molecule has 0 radical (unpaired) electrons. The summed E-state index contributed by atoms with van der Waals surface area (Å²) >= 11 is 0. The number of sulfonamides is 1. The number of nitrogens with zero attached hydrogens (tertiary/aromatic N) is 3. The minimum absolute atomic E-state index is 0.216. The number of aromatic nitrogens is 1. The standard InChI is InChI=1S/C23H25N3O4S/c1-16-6-11-21(20-5-4-12-24-22(16)20)31(28,29)26-14-13-25(15-17(26)2)19-9-7-18(8-10-19)23(27)30-3/h4-12,17H,13-15H2,1-3H3. The van der Waals surface area contributed by atoms with Crippen molar-refractivity contribution in [1.82, 2.24) is 9.29 Å². The van der Waals surface area contributed by atoms with E-state index >= 15 is 0 Å². The molecule has 0 spiro atoms. The molecular formula is C23H25N3O4S. The number of carbonyl (C=O) groups is 1. The normalized spacial score (nSPS) is 17.6. The van der Waals surface area contributed by atoms with Crippen LogP contribution in [0.4, 0.5) is 5.69 Å². The van der Waals surface area contributed by atoms with Crippen LogP contribution in [0.3, 0.4) is 0 Å². The van der Waals surface area contributed by atoms with E-state index in [0.717, 1.165) is 11.3 Å². The van der Waals surface area contributed by atoms with Gasteiger partial charge < -0.3 is 9.64 Å². The van der Waals surface area contributed by atoms with Crippen LogP contribution in [-0.4, -0.2) is 56.5 Å². The van der Waals surface area contributed by atoms with Gasteiger partial charge in [-0.3, -0.25) is 4.98 Å².